The highest BCUT2D eigenvalue weighted by Crippen LogP contribution is 2.23. The first-order valence-corrected chi connectivity index (χ1v) is 6.52. The fourth-order valence-electron chi connectivity index (χ4n) is 2.20. The largest absolute Gasteiger partial charge is 0.496 e. The van der Waals surface area contributed by atoms with Crippen molar-refractivity contribution in [3.63, 3.8) is 0 Å². The Labute approximate surface area is 114 Å². The van der Waals surface area contributed by atoms with Gasteiger partial charge in [0.2, 0.25) is 0 Å². The molecule has 2 aromatic rings. The number of anilines is 1. The predicted molar refractivity (Wildman–Crippen MR) is 77.6 cm³/mol. The van der Waals surface area contributed by atoms with Gasteiger partial charge < -0.3 is 10.5 Å². The second-order valence-electron chi connectivity index (χ2n) is 4.74. The number of nitrogen functional groups attached to an aromatic ring is 1. The van der Waals surface area contributed by atoms with Crippen molar-refractivity contribution < 1.29 is 4.74 Å². The molecule has 0 amide bonds. The maximum Gasteiger partial charge on any atom is 0.123 e. The second-order valence-corrected chi connectivity index (χ2v) is 4.74. The van der Waals surface area contributed by atoms with Gasteiger partial charge in [-0.3, -0.25) is 4.68 Å². The van der Waals surface area contributed by atoms with Crippen LogP contribution in [-0.4, -0.2) is 16.9 Å². The van der Waals surface area contributed by atoms with Crippen LogP contribution in [0.1, 0.15) is 29.4 Å². The Balaban J connectivity index is 2.38. The van der Waals surface area contributed by atoms with E-state index in [9.17, 15) is 0 Å². The number of hydrogen-bond acceptors (Lipinski definition) is 3. The summed E-state index contributed by atoms with van der Waals surface area (Å²) in [6.45, 7) is 6.75. The lowest BCUT2D eigenvalue weighted by Crippen LogP contribution is -2.06. The number of benzene rings is 1. The van der Waals surface area contributed by atoms with Gasteiger partial charge >= 0.3 is 0 Å². The van der Waals surface area contributed by atoms with Gasteiger partial charge in [0.1, 0.15) is 5.75 Å². The number of nitrogens with zero attached hydrogens (tertiary/aromatic N) is 2. The van der Waals surface area contributed by atoms with E-state index in [1.807, 2.05) is 24.6 Å². The lowest BCUT2D eigenvalue weighted by atomic mass is 10.1. The number of aromatic nitrogens is 2. The molecule has 1 aromatic carbocycles. The van der Waals surface area contributed by atoms with Crippen molar-refractivity contribution in [3.05, 3.63) is 40.7 Å². The molecule has 0 aliphatic heterocycles. The Hall–Kier alpha value is -1.97. The molecule has 2 rings (SSSR count). The number of hydrogen-bond donors (Lipinski definition) is 1. The van der Waals surface area contributed by atoms with Gasteiger partial charge in [-0.2, -0.15) is 5.10 Å². The van der Waals surface area contributed by atoms with Gasteiger partial charge in [-0.05, 0) is 31.9 Å². The third-order valence-electron chi connectivity index (χ3n) is 3.51. The molecule has 1 heterocycles. The minimum Gasteiger partial charge on any atom is -0.496 e. The lowest BCUT2D eigenvalue weighted by Gasteiger charge is -2.11. The molecule has 0 radical (unpaired) electrons. The first kappa shape index (κ1) is 13.5. The van der Waals surface area contributed by atoms with E-state index in [0.29, 0.717) is 6.54 Å². The number of nitrogens with two attached hydrogens (primary N) is 1. The monoisotopic (exact) mass is 259 g/mol. The summed E-state index contributed by atoms with van der Waals surface area (Å²) >= 11 is 0. The van der Waals surface area contributed by atoms with Crippen LogP contribution in [0.3, 0.4) is 0 Å². The molecule has 0 fully saturated rings. The summed E-state index contributed by atoms with van der Waals surface area (Å²) in [6.07, 6.45) is 1.01. The molecule has 4 nitrogen and oxygen atoms in total. The number of methoxy groups -OCH3 is 1. The zero-order valence-electron chi connectivity index (χ0n) is 12.0. The highest BCUT2D eigenvalue weighted by molar-refractivity contribution is 5.47. The van der Waals surface area contributed by atoms with Gasteiger partial charge in [-0.25, -0.2) is 0 Å². The fraction of sp³-hybridized carbons (Fsp3) is 0.400. The summed E-state index contributed by atoms with van der Waals surface area (Å²) in [4.78, 5) is 0. The van der Waals surface area contributed by atoms with Crippen LogP contribution in [0.15, 0.2) is 18.2 Å². The first-order valence-electron chi connectivity index (χ1n) is 6.52. The molecule has 0 bridgehead atoms. The van der Waals surface area contributed by atoms with E-state index in [0.717, 1.165) is 34.8 Å². The molecule has 0 unspecified atom stereocenters. The number of aryl methyl sites for hydroxylation is 2. The van der Waals surface area contributed by atoms with E-state index in [1.54, 1.807) is 7.11 Å². The first-order chi connectivity index (χ1) is 9.06. The molecule has 0 aliphatic rings. The Morgan fingerprint density at radius 1 is 1.32 bits per heavy atom. The third-order valence-corrected chi connectivity index (χ3v) is 3.51. The standard InChI is InChI=1S/C15H21N3O/c1-5-12-6-7-14(19-4)13(8-12)9-18-11(3)15(16)10(2)17-18/h6-8H,5,9,16H2,1-4H3. The van der Waals surface area contributed by atoms with Crippen LogP contribution in [0.4, 0.5) is 5.69 Å². The Kier molecular flexibility index (Phi) is 3.79. The molecule has 0 aliphatic carbocycles. The number of rotatable bonds is 4. The average molecular weight is 259 g/mol. The maximum atomic E-state index is 5.97. The van der Waals surface area contributed by atoms with Crippen LogP contribution in [0.25, 0.3) is 0 Å². The normalized spacial score (nSPS) is 10.7. The van der Waals surface area contributed by atoms with Gasteiger partial charge in [-0.15, -0.1) is 0 Å². The van der Waals surface area contributed by atoms with Crippen LogP contribution in [0, 0.1) is 13.8 Å². The summed E-state index contributed by atoms with van der Waals surface area (Å²) in [6, 6.07) is 6.28. The molecular weight excluding hydrogens is 238 g/mol. The van der Waals surface area contributed by atoms with Crippen molar-refractivity contribution in [2.24, 2.45) is 0 Å². The van der Waals surface area contributed by atoms with Gasteiger partial charge in [-0.1, -0.05) is 19.1 Å². The molecule has 0 atom stereocenters. The van der Waals surface area contributed by atoms with Crippen LogP contribution in [0.5, 0.6) is 5.75 Å². The topological polar surface area (TPSA) is 53.1 Å². The second kappa shape index (κ2) is 5.34. The van der Waals surface area contributed by atoms with E-state index in [4.69, 9.17) is 10.5 Å². The Morgan fingerprint density at radius 2 is 2.05 bits per heavy atom. The minimum atomic E-state index is 0.681. The molecule has 0 saturated heterocycles. The third kappa shape index (κ3) is 2.57. The summed E-state index contributed by atoms with van der Waals surface area (Å²) in [5.74, 6) is 0.892. The van der Waals surface area contributed by atoms with Crippen molar-refractivity contribution in [2.75, 3.05) is 12.8 Å². The molecule has 1 aromatic heterocycles. The van der Waals surface area contributed by atoms with Gasteiger partial charge in [0.15, 0.2) is 0 Å². The summed E-state index contributed by atoms with van der Waals surface area (Å²) in [7, 11) is 1.69. The van der Waals surface area contributed by atoms with E-state index in [2.05, 4.69) is 24.2 Å². The van der Waals surface area contributed by atoms with Crippen LogP contribution >= 0.6 is 0 Å². The van der Waals surface area contributed by atoms with Gasteiger partial charge in [0.05, 0.1) is 30.7 Å². The van der Waals surface area contributed by atoms with Crippen LogP contribution in [0.2, 0.25) is 0 Å². The van der Waals surface area contributed by atoms with E-state index >= 15 is 0 Å². The van der Waals surface area contributed by atoms with Gasteiger partial charge in [0.25, 0.3) is 0 Å². The van der Waals surface area contributed by atoms with Crippen LogP contribution in [-0.2, 0) is 13.0 Å². The molecule has 0 saturated carbocycles. The summed E-state index contributed by atoms with van der Waals surface area (Å²) < 4.78 is 7.35. The molecule has 0 spiro atoms. The van der Waals surface area contributed by atoms with Crippen molar-refractivity contribution in [1.82, 2.24) is 9.78 Å². The maximum absolute atomic E-state index is 5.97. The summed E-state index contributed by atoms with van der Waals surface area (Å²) in [5.41, 5.74) is 11.0. The molecule has 19 heavy (non-hydrogen) atoms. The Morgan fingerprint density at radius 3 is 2.58 bits per heavy atom. The lowest BCUT2D eigenvalue weighted by molar-refractivity contribution is 0.407. The highest BCUT2D eigenvalue weighted by atomic mass is 16.5. The predicted octanol–water partition coefficient (Wildman–Crippen LogP) is 2.70. The van der Waals surface area contributed by atoms with Crippen molar-refractivity contribution in [1.29, 1.82) is 0 Å². The summed E-state index contributed by atoms with van der Waals surface area (Å²) in [5, 5.41) is 4.47. The van der Waals surface area contributed by atoms with Crippen molar-refractivity contribution in [2.45, 2.75) is 33.7 Å². The molecule has 4 heteroatoms. The molecule has 102 valence electrons. The zero-order valence-corrected chi connectivity index (χ0v) is 12.0. The smallest absolute Gasteiger partial charge is 0.123 e. The van der Waals surface area contributed by atoms with E-state index in [1.165, 1.54) is 5.56 Å². The number of ether oxygens (including phenoxy) is 1. The fourth-order valence-corrected chi connectivity index (χ4v) is 2.20. The highest BCUT2D eigenvalue weighted by Gasteiger charge is 2.11. The SMILES string of the molecule is CCc1ccc(OC)c(Cn2nc(C)c(N)c2C)c1. The van der Waals surface area contributed by atoms with Gasteiger partial charge in [0, 0.05) is 5.56 Å². The minimum absolute atomic E-state index is 0.681. The molecular formula is C15H21N3O. The zero-order chi connectivity index (χ0) is 14.0. The quantitative estimate of drug-likeness (QED) is 0.918. The Bertz CT molecular complexity index is 587. The van der Waals surface area contributed by atoms with Crippen molar-refractivity contribution >= 4 is 5.69 Å². The van der Waals surface area contributed by atoms with E-state index < -0.39 is 0 Å². The van der Waals surface area contributed by atoms with Crippen molar-refractivity contribution in [3.8, 4) is 5.75 Å². The average Bonchev–Trinajstić information content (AvgIpc) is 2.66. The molecule has 2 N–H and O–H groups in total. The van der Waals surface area contributed by atoms with Crippen LogP contribution < -0.4 is 10.5 Å². The van der Waals surface area contributed by atoms with E-state index in [-0.39, 0.29) is 0 Å².